The van der Waals surface area contributed by atoms with Gasteiger partial charge in [-0.15, -0.1) is 0 Å². The monoisotopic (exact) mass is 366 g/mol. The minimum Gasteiger partial charge on any atom is -0.378 e. The van der Waals surface area contributed by atoms with E-state index in [4.69, 9.17) is 5.73 Å². The van der Waals surface area contributed by atoms with Gasteiger partial charge in [-0.05, 0) is 29.7 Å². The molecule has 5 nitrogen and oxygen atoms in total. The first-order valence-electron chi connectivity index (χ1n) is 9.60. The molecule has 1 atom stereocenters. The third-order valence-electron chi connectivity index (χ3n) is 5.16. The van der Waals surface area contributed by atoms with Crippen LogP contribution in [0, 0.1) is 0 Å². The third-order valence-corrected chi connectivity index (χ3v) is 5.16. The lowest BCUT2D eigenvalue weighted by Gasteiger charge is -2.36. The quantitative estimate of drug-likeness (QED) is 0.849. The lowest BCUT2D eigenvalue weighted by atomic mass is 10.1. The molecule has 5 heteroatoms. The summed E-state index contributed by atoms with van der Waals surface area (Å²) in [6, 6.07) is 18.2. The number of carbonyl (C=O) groups is 1. The van der Waals surface area contributed by atoms with E-state index in [0.29, 0.717) is 6.42 Å². The van der Waals surface area contributed by atoms with Crippen LogP contribution in [0.3, 0.4) is 0 Å². The molecule has 1 aliphatic rings. The van der Waals surface area contributed by atoms with Crippen molar-refractivity contribution in [1.29, 1.82) is 0 Å². The average Bonchev–Trinajstić information content (AvgIpc) is 2.69. The van der Waals surface area contributed by atoms with Crippen molar-refractivity contribution in [3.8, 4) is 0 Å². The zero-order chi connectivity index (χ0) is 19.2. The lowest BCUT2D eigenvalue weighted by Crippen LogP contribution is -2.53. The molecule has 1 amide bonds. The second kappa shape index (κ2) is 9.02. The summed E-state index contributed by atoms with van der Waals surface area (Å²) in [7, 11) is 4.10. The summed E-state index contributed by atoms with van der Waals surface area (Å²) < 4.78 is 0. The van der Waals surface area contributed by atoms with Crippen LogP contribution >= 0.6 is 0 Å². The Balaban J connectivity index is 1.47. The van der Waals surface area contributed by atoms with Crippen LogP contribution < -0.4 is 10.6 Å². The number of piperazine rings is 1. The van der Waals surface area contributed by atoms with Gasteiger partial charge < -0.3 is 15.5 Å². The highest BCUT2D eigenvalue weighted by Gasteiger charge is 2.25. The zero-order valence-electron chi connectivity index (χ0n) is 16.3. The molecule has 0 aromatic heterocycles. The summed E-state index contributed by atoms with van der Waals surface area (Å²) in [6.45, 7) is 4.19. The van der Waals surface area contributed by atoms with Gasteiger partial charge in [0.25, 0.3) is 0 Å². The van der Waals surface area contributed by atoms with Crippen molar-refractivity contribution in [3.63, 3.8) is 0 Å². The first-order chi connectivity index (χ1) is 13.0. The molecule has 2 aromatic carbocycles. The molecule has 27 heavy (non-hydrogen) atoms. The number of anilines is 1. The van der Waals surface area contributed by atoms with Gasteiger partial charge in [-0.2, -0.15) is 0 Å². The Bertz CT molecular complexity index is 722. The van der Waals surface area contributed by atoms with Gasteiger partial charge in [-0.1, -0.05) is 42.5 Å². The molecule has 0 radical (unpaired) electrons. The largest absolute Gasteiger partial charge is 0.378 e. The zero-order valence-corrected chi connectivity index (χ0v) is 16.3. The van der Waals surface area contributed by atoms with E-state index in [9.17, 15) is 4.79 Å². The number of hydrogen-bond donors (Lipinski definition) is 1. The lowest BCUT2D eigenvalue weighted by molar-refractivity contribution is -0.134. The molecule has 0 bridgehead atoms. The maximum absolute atomic E-state index is 12.6. The molecular weight excluding hydrogens is 336 g/mol. The van der Waals surface area contributed by atoms with Crippen molar-refractivity contribution in [3.05, 3.63) is 65.7 Å². The summed E-state index contributed by atoms with van der Waals surface area (Å²) in [5, 5.41) is 0. The predicted octanol–water partition coefficient (Wildman–Crippen LogP) is 1.97. The maximum Gasteiger partial charge on any atom is 0.239 e. The van der Waals surface area contributed by atoms with Crippen molar-refractivity contribution < 1.29 is 4.79 Å². The van der Waals surface area contributed by atoms with Gasteiger partial charge in [0, 0.05) is 52.5 Å². The van der Waals surface area contributed by atoms with E-state index in [1.807, 2.05) is 49.3 Å². The Morgan fingerprint density at radius 1 is 0.963 bits per heavy atom. The van der Waals surface area contributed by atoms with E-state index in [1.54, 1.807) is 0 Å². The summed E-state index contributed by atoms with van der Waals surface area (Å²) in [4.78, 5) is 19.1. The maximum atomic E-state index is 12.6. The van der Waals surface area contributed by atoms with Crippen LogP contribution in [-0.2, 0) is 17.8 Å². The van der Waals surface area contributed by atoms with Gasteiger partial charge in [0.05, 0.1) is 6.04 Å². The molecule has 1 heterocycles. The Morgan fingerprint density at radius 3 is 2.19 bits per heavy atom. The Hall–Kier alpha value is -2.37. The van der Waals surface area contributed by atoms with Crippen molar-refractivity contribution in [2.24, 2.45) is 5.73 Å². The Labute approximate surface area is 162 Å². The number of hydrogen-bond acceptors (Lipinski definition) is 4. The molecule has 3 rings (SSSR count). The second-order valence-corrected chi connectivity index (χ2v) is 7.46. The van der Waals surface area contributed by atoms with Crippen molar-refractivity contribution >= 4 is 11.6 Å². The van der Waals surface area contributed by atoms with Gasteiger partial charge in [-0.3, -0.25) is 9.69 Å². The van der Waals surface area contributed by atoms with E-state index in [0.717, 1.165) is 38.3 Å². The molecule has 1 aliphatic heterocycles. The van der Waals surface area contributed by atoms with E-state index >= 15 is 0 Å². The van der Waals surface area contributed by atoms with Gasteiger partial charge in [0.15, 0.2) is 0 Å². The minimum absolute atomic E-state index is 0.0637. The van der Waals surface area contributed by atoms with Gasteiger partial charge in [0.1, 0.15) is 0 Å². The SMILES string of the molecule is CN(C)c1ccc(CN2CCN(C(=O)[C@@H](N)Cc3ccccc3)CC2)cc1. The normalized spacial score (nSPS) is 16.2. The van der Waals surface area contributed by atoms with Crippen molar-refractivity contribution in [2.75, 3.05) is 45.2 Å². The summed E-state index contributed by atoms with van der Waals surface area (Å²) >= 11 is 0. The van der Waals surface area contributed by atoms with Crippen LogP contribution in [0.15, 0.2) is 54.6 Å². The summed E-state index contributed by atoms with van der Waals surface area (Å²) in [5.74, 6) is 0.0637. The molecule has 2 N–H and O–H groups in total. The van der Waals surface area contributed by atoms with Crippen LogP contribution in [0.25, 0.3) is 0 Å². The molecule has 144 valence electrons. The number of carbonyl (C=O) groups excluding carboxylic acids is 1. The van der Waals surface area contributed by atoms with Crippen LogP contribution in [0.1, 0.15) is 11.1 Å². The Morgan fingerprint density at radius 2 is 1.59 bits per heavy atom. The van der Waals surface area contributed by atoms with Gasteiger partial charge in [0.2, 0.25) is 5.91 Å². The van der Waals surface area contributed by atoms with Crippen LogP contribution in [-0.4, -0.2) is 62.0 Å². The number of nitrogens with two attached hydrogens (primary N) is 1. The number of rotatable bonds is 6. The topological polar surface area (TPSA) is 52.8 Å². The predicted molar refractivity (Wildman–Crippen MR) is 111 cm³/mol. The average molecular weight is 367 g/mol. The summed E-state index contributed by atoms with van der Waals surface area (Å²) in [5.41, 5.74) is 9.79. The molecule has 1 saturated heterocycles. The number of amides is 1. The van der Waals surface area contributed by atoms with Gasteiger partial charge in [-0.25, -0.2) is 0 Å². The van der Waals surface area contributed by atoms with E-state index in [-0.39, 0.29) is 5.91 Å². The molecule has 0 spiro atoms. The van der Waals surface area contributed by atoms with Crippen LogP contribution in [0.5, 0.6) is 0 Å². The molecular formula is C22H30N4O. The first kappa shape index (κ1) is 19.4. The second-order valence-electron chi connectivity index (χ2n) is 7.46. The fourth-order valence-electron chi connectivity index (χ4n) is 3.47. The smallest absolute Gasteiger partial charge is 0.239 e. The Kier molecular flexibility index (Phi) is 6.48. The number of benzene rings is 2. The van der Waals surface area contributed by atoms with E-state index < -0.39 is 6.04 Å². The molecule has 0 saturated carbocycles. The molecule has 0 aliphatic carbocycles. The fourth-order valence-corrected chi connectivity index (χ4v) is 3.47. The number of nitrogens with zero attached hydrogens (tertiary/aromatic N) is 3. The van der Waals surface area contributed by atoms with Crippen LogP contribution in [0.2, 0.25) is 0 Å². The van der Waals surface area contributed by atoms with Crippen molar-refractivity contribution in [1.82, 2.24) is 9.80 Å². The van der Waals surface area contributed by atoms with E-state index in [2.05, 4.69) is 34.1 Å². The molecule has 1 fully saturated rings. The first-order valence-corrected chi connectivity index (χ1v) is 9.60. The minimum atomic E-state index is -0.461. The highest BCUT2D eigenvalue weighted by Crippen LogP contribution is 2.15. The third kappa shape index (κ3) is 5.31. The fraction of sp³-hybridized carbons (Fsp3) is 0.409. The van der Waals surface area contributed by atoms with Crippen molar-refractivity contribution in [2.45, 2.75) is 19.0 Å². The highest BCUT2D eigenvalue weighted by molar-refractivity contribution is 5.82. The standard InChI is InChI=1S/C22H30N4O/c1-24(2)20-10-8-19(9-11-20)17-25-12-14-26(15-13-25)22(27)21(23)16-18-6-4-3-5-7-18/h3-11,21H,12-17,23H2,1-2H3/t21-/m0/s1. The van der Waals surface area contributed by atoms with Crippen LogP contribution in [0.4, 0.5) is 5.69 Å². The highest BCUT2D eigenvalue weighted by atomic mass is 16.2. The van der Waals surface area contributed by atoms with E-state index in [1.165, 1.54) is 11.3 Å². The molecule has 2 aromatic rings. The van der Waals surface area contributed by atoms with Gasteiger partial charge >= 0.3 is 0 Å². The summed E-state index contributed by atoms with van der Waals surface area (Å²) in [6.07, 6.45) is 0.595. The molecule has 0 unspecified atom stereocenters.